The minimum absolute atomic E-state index is 0.412. The van der Waals surface area contributed by atoms with Gasteiger partial charge >= 0.3 is 0 Å². The van der Waals surface area contributed by atoms with E-state index in [0.717, 1.165) is 29.6 Å². The number of nitrogens with two attached hydrogens (primary N) is 1. The van der Waals surface area contributed by atoms with Crippen LogP contribution in [0.3, 0.4) is 0 Å². The molecule has 3 rings (SSSR count). The van der Waals surface area contributed by atoms with Crippen molar-refractivity contribution in [2.24, 2.45) is 35.3 Å². The molecule has 3 aliphatic carbocycles. The first-order chi connectivity index (χ1) is 8.77. The largest absolute Gasteiger partial charge is 0.328 e. The molecule has 0 amide bonds. The monoisotopic (exact) mass is 249 g/mol. The van der Waals surface area contributed by atoms with Crippen LogP contribution in [0.4, 0.5) is 0 Å². The van der Waals surface area contributed by atoms with Crippen molar-refractivity contribution in [3.8, 4) is 0 Å². The molecule has 3 fully saturated rings. The zero-order chi connectivity index (χ0) is 12.5. The standard InChI is InChI=1S/C17H31N/c1-12(18)10-11-17-15-8-4-2-6-13(15)14-7-3-5-9-16(14)17/h12-17H,2-11,18H2,1H3/t12-,13?,14?,15-,16?,17?/m0/s1. The van der Waals surface area contributed by atoms with Crippen molar-refractivity contribution in [2.75, 3.05) is 0 Å². The highest BCUT2D eigenvalue weighted by Gasteiger charge is 2.50. The molecular weight excluding hydrogens is 218 g/mol. The van der Waals surface area contributed by atoms with Gasteiger partial charge in [-0.25, -0.2) is 0 Å². The van der Waals surface area contributed by atoms with E-state index >= 15 is 0 Å². The molecule has 104 valence electrons. The molecule has 0 spiro atoms. The van der Waals surface area contributed by atoms with Crippen LogP contribution in [-0.4, -0.2) is 6.04 Å². The predicted octanol–water partition coefficient (Wildman–Crippen LogP) is 4.36. The maximum Gasteiger partial charge on any atom is 0.00105 e. The van der Waals surface area contributed by atoms with E-state index in [-0.39, 0.29) is 0 Å². The van der Waals surface area contributed by atoms with Gasteiger partial charge in [-0.1, -0.05) is 25.7 Å². The van der Waals surface area contributed by atoms with Gasteiger partial charge in [0.05, 0.1) is 0 Å². The van der Waals surface area contributed by atoms with Gasteiger partial charge in [-0.05, 0) is 75.0 Å². The average molecular weight is 249 g/mol. The molecule has 0 aromatic rings. The number of hydrogen-bond donors (Lipinski definition) is 1. The van der Waals surface area contributed by atoms with Crippen LogP contribution in [0.25, 0.3) is 0 Å². The van der Waals surface area contributed by atoms with E-state index < -0.39 is 0 Å². The van der Waals surface area contributed by atoms with Crippen molar-refractivity contribution in [1.82, 2.24) is 0 Å². The highest BCUT2D eigenvalue weighted by atomic mass is 14.6. The SMILES string of the molecule is C[C@H](N)CCC1C2CCCCC2C2CCCC[C@@H]21. The predicted molar refractivity (Wildman–Crippen MR) is 77.3 cm³/mol. The molecule has 2 N–H and O–H groups in total. The fraction of sp³-hybridized carbons (Fsp3) is 1.00. The molecule has 3 aliphatic rings. The van der Waals surface area contributed by atoms with Gasteiger partial charge in [0, 0.05) is 6.04 Å². The molecule has 0 saturated heterocycles. The molecule has 1 heteroatoms. The lowest BCUT2D eigenvalue weighted by Gasteiger charge is -2.32. The highest BCUT2D eigenvalue weighted by molar-refractivity contribution is 4.99. The third-order valence-corrected chi connectivity index (χ3v) is 6.35. The van der Waals surface area contributed by atoms with Gasteiger partial charge in [0.25, 0.3) is 0 Å². The van der Waals surface area contributed by atoms with Crippen LogP contribution in [0.5, 0.6) is 0 Å². The van der Waals surface area contributed by atoms with Crippen LogP contribution in [-0.2, 0) is 0 Å². The minimum atomic E-state index is 0.412. The van der Waals surface area contributed by atoms with Crippen LogP contribution in [0.15, 0.2) is 0 Å². The van der Waals surface area contributed by atoms with Crippen molar-refractivity contribution in [1.29, 1.82) is 0 Å². The van der Waals surface area contributed by atoms with E-state index in [2.05, 4.69) is 6.92 Å². The number of rotatable bonds is 3. The van der Waals surface area contributed by atoms with E-state index in [1.54, 1.807) is 25.7 Å². The summed E-state index contributed by atoms with van der Waals surface area (Å²) in [4.78, 5) is 0. The van der Waals surface area contributed by atoms with Crippen molar-refractivity contribution >= 4 is 0 Å². The first-order valence-corrected chi connectivity index (χ1v) is 8.53. The van der Waals surface area contributed by atoms with Crippen molar-refractivity contribution in [2.45, 2.75) is 77.2 Å². The molecule has 0 aliphatic heterocycles. The molecule has 0 radical (unpaired) electrons. The van der Waals surface area contributed by atoms with Crippen LogP contribution in [0.1, 0.15) is 71.1 Å². The Kier molecular flexibility index (Phi) is 3.98. The molecule has 18 heavy (non-hydrogen) atoms. The van der Waals surface area contributed by atoms with Gasteiger partial charge in [0.1, 0.15) is 0 Å². The quantitative estimate of drug-likeness (QED) is 0.790. The molecule has 6 atom stereocenters. The summed E-state index contributed by atoms with van der Waals surface area (Å²) in [6.45, 7) is 2.19. The van der Waals surface area contributed by atoms with E-state index in [0.29, 0.717) is 6.04 Å². The van der Waals surface area contributed by atoms with Crippen LogP contribution in [0.2, 0.25) is 0 Å². The summed E-state index contributed by atoms with van der Waals surface area (Å²) in [5.74, 6) is 5.45. The molecule has 0 aromatic carbocycles. The topological polar surface area (TPSA) is 26.0 Å². The highest BCUT2D eigenvalue weighted by Crippen LogP contribution is 2.58. The first-order valence-electron chi connectivity index (χ1n) is 8.53. The van der Waals surface area contributed by atoms with Crippen LogP contribution < -0.4 is 5.73 Å². The van der Waals surface area contributed by atoms with Crippen molar-refractivity contribution in [3.05, 3.63) is 0 Å². The van der Waals surface area contributed by atoms with Gasteiger partial charge in [0.15, 0.2) is 0 Å². The Morgan fingerprint density at radius 1 is 0.833 bits per heavy atom. The Morgan fingerprint density at radius 2 is 1.28 bits per heavy atom. The van der Waals surface area contributed by atoms with E-state index in [1.165, 1.54) is 38.5 Å². The first kappa shape index (κ1) is 13.0. The maximum absolute atomic E-state index is 6.01. The van der Waals surface area contributed by atoms with E-state index in [9.17, 15) is 0 Å². The van der Waals surface area contributed by atoms with Gasteiger partial charge in [-0.3, -0.25) is 0 Å². The summed E-state index contributed by atoms with van der Waals surface area (Å²) < 4.78 is 0. The lowest BCUT2D eigenvalue weighted by Crippen LogP contribution is -2.24. The summed E-state index contributed by atoms with van der Waals surface area (Å²) in [6, 6.07) is 0.412. The molecule has 0 heterocycles. The Morgan fingerprint density at radius 3 is 1.72 bits per heavy atom. The van der Waals surface area contributed by atoms with Crippen LogP contribution in [0, 0.1) is 29.6 Å². The summed E-state index contributed by atoms with van der Waals surface area (Å²) >= 11 is 0. The summed E-state index contributed by atoms with van der Waals surface area (Å²) in [7, 11) is 0. The zero-order valence-electron chi connectivity index (χ0n) is 12.1. The van der Waals surface area contributed by atoms with Gasteiger partial charge in [0.2, 0.25) is 0 Å². The summed E-state index contributed by atoms with van der Waals surface area (Å²) in [5.41, 5.74) is 6.01. The fourth-order valence-electron chi connectivity index (χ4n) is 5.70. The normalized spacial score (nSPS) is 45.3. The smallest absolute Gasteiger partial charge is 0.00105 e. The lowest BCUT2D eigenvalue weighted by molar-refractivity contribution is 0.184. The zero-order valence-corrected chi connectivity index (χ0v) is 12.1. The van der Waals surface area contributed by atoms with Crippen molar-refractivity contribution < 1.29 is 0 Å². The molecule has 4 unspecified atom stereocenters. The molecular formula is C17H31N. The number of hydrogen-bond acceptors (Lipinski definition) is 1. The second-order valence-corrected chi connectivity index (χ2v) is 7.44. The Balaban J connectivity index is 1.72. The van der Waals surface area contributed by atoms with Gasteiger partial charge in [-0.15, -0.1) is 0 Å². The third-order valence-electron chi connectivity index (χ3n) is 6.35. The lowest BCUT2D eigenvalue weighted by atomic mass is 9.73. The fourth-order valence-corrected chi connectivity index (χ4v) is 5.70. The van der Waals surface area contributed by atoms with E-state index in [4.69, 9.17) is 5.73 Å². The Bertz CT molecular complexity index is 251. The third kappa shape index (κ3) is 2.35. The summed E-state index contributed by atoms with van der Waals surface area (Å²) in [6.07, 6.45) is 14.9. The number of fused-ring (bicyclic) bond motifs is 3. The van der Waals surface area contributed by atoms with Crippen molar-refractivity contribution in [3.63, 3.8) is 0 Å². The molecule has 1 nitrogen and oxygen atoms in total. The van der Waals surface area contributed by atoms with E-state index in [1.807, 2.05) is 0 Å². The molecule has 3 saturated carbocycles. The maximum atomic E-state index is 6.01. The Hall–Kier alpha value is -0.0400. The van der Waals surface area contributed by atoms with Gasteiger partial charge in [-0.2, -0.15) is 0 Å². The minimum Gasteiger partial charge on any atom is -0.328 e. The second-order valence-electron chi connectivity index (χ2n) is 7.44. The van der Waals surface area contributed by atoms with Crippen LogP contribution >= 0.6 is 0 Å². The summed E-state index contributed by atoms with van der Waals surface area (Å²) in [5, 5.41) is 0. The average Bonchev–Trinajstić information content (AvgIpc) is 2.71. The van der Waals surface area contributed by atoms with Gasteiger partial charge < -0.3 is 5.73 Å². The molecule has 0 aromatic heterocycles. The second kappa shape index (κ2) is 5.53. The Labute approximate surface area is 113 Å². The molecule has 0 bridgehead atoms.